The Morgan fingerprint density at radius 3 is 2.89 bits per heavy atom. The summed E-state index contributed by atoms with van der Waals surface area (Å²) in [4.78, 5) is 1.08. The van der Waals surface area contributed by atoms with Gasteiger partial charge in [-0.1, -0.05) is 24.4 Å². The zero-order valence-corrected chi connectivity index (χ0v) is 12.1. The van der Waals surface area contributed by atoms with Crippen LogP contribution in [-0.4, -0.2) is 23.4 Å². The number of aromatic hydroxyl groups is 1. The van der Waals surface area contributed by atoms with Gasteiger partial charge in [0.25, 0.3) is 0 Å². The Labute approximate surface area is 118 Å². The van der Waals surface area contributed by atoms with E-state index in [-0.39, 0.29) is 5.75 Å². The first kappa shape index (κ1) is 14.0. The van der Waals surface area contributed by atoms with E-state index in [1.807, 2.05) is 17.8 Å². The van der Waals surface area contributed by atoms with Gasteiger partial charge in [0.05, 0.1) is 5.02 Å². The Morgan fingerprint density at radius 1 is 1.17 bits per heavy atom. The second-order valence-electron chi connectivity index (χ2n) is 4.74. The summed E-state index contributed by atoms with van der Waals surface area (Å²) in [6.07, 6.45) is 6.34. The maximum atomic E-state index is 9.36. The molecule has 100 valence electrons. The number of halogens is 1. The summed E-state index contributed by atoms with van der Waals surface area (Å²) >= 11 is 8.01. The van der Waals surface area contributed by atoms with E-state index in [1.165, 1.54) is 32.1 Å². The number of rotatable bonds is 2. The molecule has 1 fully saturated rings. The second-order valence-corrected chi connectivity index (χ2v) is 6.49. The fourth-order valence-corrected chi connectivity index (χ4v) is 3.72. The van der Waals surface area contributed by atoms with Crippen LogP contribution >= 0.6 is 23.4 Å². The van der Waals surface area contributed by atoms with Gasteiger partial charge in [-0.05, 0) is 50.6 Å². The average molecular weight is 286 g/mol. The van der Waals surface area contributed by atoms with E-state index in [1.54, 1.807) is 12.1 Å². The van der Waals surface area contributed by atoms with Crippen molar-refractivity contribution < 1.29 is 5.11 Å². The lowest BCUT2D eigenvalue weighted by Crippen LogP contribution is -2.18. The molecule has 1 aliphatic rings. The van der Waals surface area contributed by atoms with Crippen LogP contribution in [0.1, 0.15) is 32.1 Å². The van der Waals surface area contributed by atoms with Crippen molar-refractivity contribution in [3.8, 4) is 5.75 Å². The molecule has 2 rings (SSSR count). The minimum absolute atomic E-state index is 0.237. The molecule has 1 aliphatic heterocycles. The molecule has 1 unspecified atom stereocenters. The van der Waals surface area contributed by atoms with Gasteiger partial charge in [-0.25, -0.2) is 0 Å². The second kappa shape index (κ2) is 7.27. The lowest BCUT2D eigenvalue weighted by Gasteiger charge is -2.16. The highest BCUT2D eigenvalue weighted by Crippen LogP contribution is 2.35. The number of benzene rings is 1. The number of nitrogens with one attached hydrogen (secondary N) is 1. The van der Waals surface area contributed by atoms with E-state index in [9.17, 15) is 5.11 Å². The Bertz CT molecular complexity index is 376. The van der Waals surface area contributed by atoms with Crippen molar-refractivity contribution in [1.82, 2.24) is 5.32 Å². The van der Waals surface area contributed by atoms with Crippen LogP contribution < -0.4 is 5.32 Å². The normalized spacial score (nSPS) is 21.9. The maximum Gasteiger partial charge on any atom is 0.117 e. The van der Waals surface area contributed by atoms with Gasteiger partial charge in [0.1, 0.15) is 5.75 Å². The predicted octanol–water partition coefficient (Wildman–Crippen LogP) is 4.06. The largest absolute Gasteiger partial charge is 0.508 e. The molecule has 1 atom stereocenters. The number of thioether (sulfide) groups is 1. The van der Waals surface area contributed by atoms with Crippen molar-refractivity contribution in [3.05, 3.63) is 23.2 Å². The van der Waals surface area contributed by atoms with Crippen LogP contribution in [-0.2, 0) is 0 Å². The van der Waals surface area contributed by atoms with E-state index in [0.29, 0.717) is 10.3 Å². The van der Waals surface area contributed by atoms with Crippen molar-refractivity contribution in [1.29, 1.82) is 0 Å². The lowest BCUT2D eigenvalue weighted by molar-refractivity contribution is 0.475. The smallest absolute Gasteiger partial charge is 0.117 e. The van der Waals surface area contributed by atoms with Crippen LogP contribution in [0.5, 0.6) is 5.75 Å². The minimum Gasteiger partial charge on any atom is -0.508 e. The molecule has 0 aromatic heterocycles. The molecule has 18 heavy (non-hydrogen) atoms. The van der Waals surface area contributed by atoms with E-state index < -0.39 is 0 Å². The predicted molar refractivity (Wildman–Crippen MR) is 78.7 cm³/mol. The standard InChI is InChI=1S/C14H20ClNOS/c15-13-10-11(17)5-6-14(13)18-12-4-2-1-3-8-16-9-7-12/h5-6,10,12,16-17H,1-4,7-9H2. The summed E-state index contributed by atoms with van der Waals surface area (Å²) in [7, 11) is 0. The van der Waals surface area contributed by atoms with Gasteiger partial charge in [0.2, 0.25) is 0 Å². The maximum absolute atomic E-state index is 9.36. The Hall–Kier alpha value is -0.380. The molecule has 2 nitrogen and oxygen atoms in total. The number of phenols is 1. The Kier molecular flexibility index (Phi) is 5.67. The van der Waals surface area contributed by atoms with Crippen molar-refractivity contribution in [2.24, 2.45) is 0 Å². The lowest BCUT2D eigenvalue weighted by atomic mass is 10.1. The highest BCUT2D eigenvalue weighted by Gasteiger charge is 2.13. The molecule has 0 saturated carbocycles. The van der Waals surface area contributed by atoms with E-state index in [0.717, 1.165) is 18.0 Å². The molecule has 0 spiro atoms. The highest BCUT2D eigenvalue weighted by molar-refractivity contribution is 8.00. The molecule has 0 radical (unpaired) electrons. The van der Waals surface area contributed by atoms with Crippen molar-refractivity contribution in [2.45, 2.75) is 42.2 Å². The molecule has 1 heterocycles. The summed E-state index contributed by atoms with van der Waals surface area (Å²) in [5.74, 6) is 0.237. The van der Waals surface area contributed by atoms with E-state index in [4.69, 9.17) is 11.6 Å². The summed E-state index contributed by atoms with van der Waals surface area (Å²) in [5, 5.41) is 14.1. The van der Waals surface area contributed by atoms with Crippen LogP contribution in [0.25, 0.3) is 0 Å². The number of hydrogen-bond acceptors (Lipinski definition) is 3. The molecule has 4 heteroatoms. The molecule has 1 saturated heterocycles. The van der Waals surface area contributed by atoms with Crippen molar-refractivity contribution in [2.75, 3.05) is 13.1 Å². The SMILES string of the molecule is Oc1ccc(SC2CCCCCNCC2)c(Cl)c1. The van der Waals surface area contributed by atoms with Crippen LogP contribution in [0.4, 0.5) is 0 Å². The molecular weight excluding hydrogens is 266 g/mol. The van der Waals surface area contributed by atoms with Crippen LogP contribution in [0.3, 0.4) is 0 Å². The van der Waals surface area contributed by atoms with E-state index in [2.05, 4.69) is 5.32 Å². The zero-order chi connectivity index (χ0) is 12.8. The molecule has 2 N–H and O–H groups in total. The molecule has 0 bridgehead atoms. The molecule has 1 aromatic rings. The molecule has 1 aromatic carbocycles. The summed E-state index contributed by atoms with van der Waals surface area (Å²) in [6, 6.07) is 5.25. The fraction of sp³-hybridized carbons (Fsp3) is 0.571. The van der Waals surface area contributed by atoms with E-state index >= 15 is 0 Å². The third kappa shape index (κ3) is 4.38. The van der Waals surface area contributed by atoms with Crippen LogP contribution in [0, 0.1) is 0 Å². The molecular formula is C14H20ClNOS. The summed E-state index contributed by atoms with van der Waals surface area (Å²) in [6.45, 7) is 2.24. The molecule has 0 aliphatic carbocycles. The average Bonchev–Trinajstić information content (AvgIpc) is 2.47. The third-order valence-electron chi connectivity index (χ3n) is 3.23. The van der Waals surface area contributed by atoms with Gasteiger partial charge in [-0.15, -0.1) is 11.8 Å². The van der Waals surface area contributed by atoms with Gasteiger partial charge in [-0.3, -0.25) is 0 Å². The number of phenolic OH excluding ortho intramolecular Hbond substituents is 1. The van der Waals surface area contributed by atoms with Gasteiger partial charge in [0, 0.05) is 10.1 Å². The number of hydrogen-bond donors (Lipinski definition) is 2. The Balaban J connectivity index is 1.97. The monoisotopic (exact) mass is 285 g/mol. The van der Waals surface area contributed by atoms with Crippen molar-refractivity contribution in [3.63, 3.8) is 0 Å². The van der Waals surface area contributed by atoms with Crippen LogP contribution in [0.2, 0.25) is 5.02 Å². The van der Waals surface area contributed by atoms with Gasteiger partial charge in [0.15, 0.2) is 0 Å². The summed E-state index contributed by atoms with van der Waals surface area (Å²) in [5.41, 5.74) is 0. The fourth-order valence-electron chi connectivity index (χ4n) is 2.21. The first-order valence-electron chi connectivity index (χ1n) is 6.61. The first-order valence-corrected chi connectivity index (χ1v) is 7.87. The Morgan fingerprint density at radius 2 is 2.06 bits per heavy atom. The van der Waals surface area contributed by atoms with Gasteiger partial charge < -0.3 is 10.4 Å². The third-order valence-corrected chi connectivity index (χ3v) is 5.07. The highest BCUT2D eigenvalue weighted by atomic mass is 35.5. The zero-order valence-electron chi connectivity index (χ0n) is 10.5. The van der Waals surface area contributed by atoms with Crippen LogP contribution in [0.15, 0.2) is 23.1 Å². The molecule has 0 amide bonds. The topological polar surface area (TPSA) is 32.3 Å². The van der Waals surface area contributed by atoms with Gasteiger partial charge in [-0.2, -0.15) is 0 Å². The quantitative estimate of drug-likeness (QED) is 0.859. The summed E-state index contributed by atoms with van der Waals surface area (Å²) < 4.78 is 0. The van der Waals surface area contributed by atoms with Gasteiger partial charge >= 0.3 is 0 Å². The minimum atomic E-state index is 0.237. The van der Waals surface area contributed by atoms with Crippen molar-refractivity contribution >= 4 is 23.4 Å². The first-order chi connectivity index (χ1) is 8.75.